The quantitative estimate of drug-likeness (QED) is 0.764. The first kappa shape index (κ1) is 20.8. The Morgan fingerprint density at radius 2 is 1.48 bits per heavy atom. The molecule has 140 valence electrons. The molecule has 0 saturated heterocycles. The molecule has 0 atom stereocenters. The number of amides is 1. The van der Waals surface area contributed by atoms with Gasteiger partial charge >= 0.3 is 5.97 Å². The van der Waals surface area contributed by atoms with Crippen molar-refractivity contribution in [3.63, 3.8) is 0 Å². The summed E-state index contributed by atoms with van der Waals surface area (Å²) in [5, 5.41) is 2.90. The lowest BCUT2D eigenvalue weighted by atomic mass is 9.82. The minimum Gasteiger partial charge on any atom is -0.497 e. The number of nitrogens with one attached hydrogen (secondary N) is 1. The van der Waals surface area contributed by atoms with Crippen molar-refractivity contribution in [2.75, 3.05) is 20.8 Å². The van der Waals surface area contributed by atoms with Crippen molar-refractivity contribution in [2.45, 2.75) is 46.6 Å². The van der Waals surface area contributed by atoms with Crippen LogP contribution in [-0.2, 0) is 9.53 Å². The van der Waals surface area contributed by atoms with Gasteiger partial charge in [-0.25, -0.2) is 4.79 Å². The molecule has 1 N–H and O–H groups in total. The van der Waals surface area contributed by atoms with E-state index in [2.05, 4.69) is 26.1 Å². The third kappa shape index (κ3) is 7.45. The van der Waals surface area contributed by atoms with Crippen LogP contribution in [0.4, 0.5) is 0 Å². The molecule has 0 radical (unpaired) electrons. The molecule has 0 aliphatic carbocycles. The van der Waals surface area contributed by atoms with Gasteiger partial charge in [0.15, 0.2) is 6.61 Å². The zero-order chi connectivity index (χ0) is 19.3. The van der Waals surface area contributed by atoms with E-state index in [1.807, 2.05) is 13.8 Å². The van der Waals surface area contributed by atoms with Gasteiger partial charge < -0.3 is 19.5 Å². The second-order valence-corrected chi connectivity index (χ2v) is 7.85. The fraction of sp³-hybridized carbons (Fsp3) is 0.579. The molecule has 1 rings (SSSR count). The summed E-state index contributed by atoms with van der Waals surface area (Å²) in [7, 11) is 2.99. The predicted molar refractivity (Wildman–Crippen MR) is 96.1 cm³/mol. The first-order chi connectivity index (χ1) is 11.5. The summed E-state index contributed by atoms with van der Waals surface area (Å²) >= 11 is 0. The van der Waals surface area contributed by atoms with Crippen LogP contribution < -0.4 is 14.8 Å². The van der Waals surface area contributed by atoms with Crippen LogP contribution in [0.1, 0.15) is 51.4 Å². The Kier molecular flexibility index (Phi) is 6.85. The van der Waals surface area contributed by atoms with Gasteiger partial charge in [0.25, 0.3) is 5.91 Å². The summed E-state index contributed by atoms with van der Waals surface area (Å²) in [6.07, 6.45) is 0.798. The maximum Gasteiger partial charge on any atom is 0.338 e. The average molecular weight is 351 g/mol. The van der Waals surface area contributed by atoms with E-state index in [9.17, 15) is 9.59 Å². The fourth-order valence-corrected chi connectivity index (χ4v) is 2.92. The minimum absolute atomic E-state index is 0.0740. The number of carbonyl (C=O) groups is 2. The summed E-state index contributed by atoms with van der Waals surface area (Å²) in [6, 6.07) is 4.72. The highest BCUT2D eigenvalue weighted by Gasteiger charge is 2.27. The molecule has 0 bridgehead atoms. The largest absolute Gasteiger partial charge is 0.497 e. The molecule has 1 aromatic carbocycles. The van der Waals surface area contributed by atoms with Crippen molar-refractivity contribution < 1.29 is 23.8 Å². The van der Waals surface area contributed by atoms with E-state index in [1.54, 1.807) is 6.07 Å². The summed E-state index contributed by atoms with van der Waals surface area (Å²) < 4.78 is 15.3. The first-order valence-corrected chi connectivity index (χ1v) is 8.17. The molecular weight excluding hydrogens is 322 g/mol. The average Bonchev–Trinajstić information content (AvgIpc) is 2.48. The van der Waals surface area contributed by atoms with E-state index < -0.39 is 5.97 Å². The van der Waals surface area contributed by atoms with E-state index in [0.717, 1.165) is 6.42 Å². The number of hydrogen-bond acceptors (Lipinski definition) is 5. The van der Waals surface area contributed by atoms with Crippen LogP contribution in [0.5, 0.6) is 11.5 Å². The van der Waals surface area contributed by atoms with Crippen LogP contribution >= 0.6 is 0 Å². The van der Waals surface area contributed by atoms with Crippen molar-refractivity contribution in [1.29, 1.82) is 0 Å². The molecule has 0 unspecified atom stereocenters. The molecule has 0 aliphatic rings. The SMILES string of the molecule is COc1cc(OC)cc(C(=O)OCC(=O)NC(C)(C)CC(C)(C)C)c1. The topological polar surface area (TPSA) is 73.9 Å². The number of hydrogen-bond donors (Lipinski definition) is 1. The molecule has 0 spiro atoms. The van der Waals surface area contributed by atoms with E-state index in [4.69, 9.17) is 14.2 Å². The molecule has 0 saturated carbocycles. The molecule has 6 nitrogen and oxygen atoms in total. The van der Waals surface area contributed by atoms with Gasteiger partial charge in [-0.05, 0) is 37.8 Å². The van der Waals surface area contributed by atoms with E-state index >= 15 is 0 Å². The van der Waals surface area contributed by atoms with E-state index in [1.165, 1.54) is 26.4 Å². The maximum atomic E-state index is 12.2. The number of benzene rings is 1. The van der Waals surface area contributed by atoms with Crippen LogP contribution in [-0.4, -0.2) is 38.2 Å². The number of methoxy groups -OCH3 is 2. The normalized spacial score (nSPS) is 11.6. The van der Waals surface area contributed by atoms with Crippen LogP contribution in [0.25, 0.3) is 0 Å². The van der Waals surface area contributed by atoms with Gasteiger partial charge in [-0.1, -0.05) is 20.8 Å². The van der Waals surface area contributed by atoms with Crippen LogP contribution in [0.15, 0.2) is 18.2 Å². The van der Waals surface area contributed by atoms with Crippen LogP contribution in [0.3, 0.4) is 0 Å². The van der Waals surface area contributed by atoms with Gasteiger partial charge in [0.1, 0.15) is 11.5 Å². The van der Waals surface area contributed by atoms with E-state index in [0.29, 0.717) is 11.5 Å². The van der Waals surface area contributed by atoms with E-state index in [-0.39, 0.29) is 29.0 Å². The highest BCUT2D eigenvalue weighted by atomic mass is 16.5. The van der Waals surface area contributed by atoms with Crippen molar-refractivity contribution in [2.24, 2.45) is 5.41 Å². The summed E-state index contributed by atoms with van der Waals surface area (Å²) in [4.78, 5) is 24.3. The van der Waals surface area contributed by atoms with Gasteiger partial charge in [0.05, 0.1) is 19.8 Å². The third-order valence-electron chi connectivity index (χ3n) is 3.37. The molecule has 1 aromatic rings. The van der Waals surface area contributed by atoms with Gasteiger partial charge in [0, 0.05) is 11.6 Å². The number of carbonyl (C=O) groups excluding carboxylic acids is 2. The number of rotatable bonds is 7. The molecule has 0 aliphatic heterocycles. The maximum absolute atomic E-state index is 12.2. The highest BCUT2D eigenvalue weighted by Crippen LogP contribution is 2.27. The van der Waals surface area contributed by atoms with Crippen LogP contribution in [0, 0.1) is 5.41 Å². The zero-order valence-corrected chi connectivity index (χ0v) is 16.2. The van der Waals surface area contributed by atoms with Gasteiger partial charge in [-0.2, -0.15) is 0 Å². The minimum atomic E-state index is -0.610. The monoisotopic (exact) mass is 351 g/mol. The zero-order valence-electron chi connectivity index (χ0n) is 16.2. The summed E-state index contributed by atoms with van der Waals surface area (Å²) in [5.74, 6) is 0.00237. The molecule has 0 fully saturated rings. The van der Waals surface area contributed by atoms with Crippen LogP contribution in [0.2, 0.25) is 0 Å². The second kappa shape index (κ2) is 8.23. The smallest absolute Gasteiger partial charge is 0.338 e. The molecule has 6 heteroatoms. The van der Waals surface area contributed by atoms with Gasteiger partial charge in [-0.15, -0.1) is 0 Å². The van der Waals surface area contributed by atoms with Crippen molar-refractivity contribution in [3.05, 3.63) is 23.8 Å². The Morgan fingerprint density at radius 1 is 0.960 bits per heavy atom. The van der Waals surface area contributed by atoms with Gasteiger partial charge in [0.2, 0.25) is 0 Å². The first-order valence-electron chi connectivity index (χ1n) is 8.17. The number of ether oxygens (including phenoxy) is 3. The Balaban J connectivity index is 2.66. The Bertz CT molecular complexity index is 594. The third-order valence-corrected chi connectivity index (χ3v) is 3.37. The summed E-state index contributed by atoms with van der Waals surface area (Å²) in [6.45, 7) is 9.88. The lowest BCUT2D eigenvalue weighted by Gasteiger charge is -2.33. The molecule has 0 aromatic heterocycles. The Morgan fingerprint density at radius 3 is 1.92 bits per heavy atom. The molecule has 1 amide bonds. The standard InChI is InChI=1S/C19H29NO5/c1-18(2,3)12-19(4,5)20-16(21)11-25-17(22)13-8-14(23-6)10-15(9-13)24-7/h8-10H,11-12H2,1-7H3,(H,20,21). The Hall–Kier alpha value is -2.24. The molecule has 25 heavy (non-hydrogen) atoms. The van der Waals surface area contributed by atoms with Crippen molar-refractivity contribution in [3.8, 4) is 11.5 Å². The molecule has 0 heterocycles. The van der Waals surface area contributed by atoms with Crippen molar-refractivity contribution >= 4 is 11.9 Å². The number of esters is 1. The van der Waals surface area contributed by atoms with Gasteiger partial charge in [-0.3, -0.25) is 4.79 Å². The highest BCUT2D eigenvalue weighted by molar-refractivity contribution is 5.92. The molecular formula is C19H29NO5. The lowest BCUT2D eigenvalue weighted by Crippen LogP contribution is -2.47. The lowest BCUT2D eigenvalue weighted by molar-refractivity contribution is -0.126. The summed E-state index contributed by atoms with van der Waals surface area (Å²) in [5.41, 5.74) is -0.0520. The fourth-order valence-electron chi connectivity index (χ4n) is 2.92. The van der Waals surface area contributed by atoms with Crippen molar-refractivity contribution in [1.82, 2.24) is 5.32 Å². The predicted octanol–water partition coefficient (Wildman–Crippen LogP) is 3.19. The second-order valence-electron chi connectivity index (χ2n) is 7.85. The Labute approximate surface area is 149 Å².